The number of anilines is 1. The number of nitrogens with zero attached hydrogens (tertiary/aromatic N) is 2. The van der Waals surface area contributed by atoms with Gasteiger partial charge in [-0.25, -0.2) is 14.4 Å². The lowest BCUT2D eigenvalue weighted by Crippen LogP contribution is -2.02. The average molecular weight is 310 g/mol. The van der Waals surface area contributed by atoms with Crippen LogP contribution in [0.3, 0.4) is 0 Å². The quantitative estimate of drug-likeness (QED) is 0.923. The van der Waals surface area contributed by atoms with Crippen molar-refractivity contribution in [2.75, 3.05) is 5.73 Å². The highest BCUT2D eigenvalue weighted by molar-refractivity contribution is 9.10. The Bertz CT molecular complexity index is 599. The van der Waals surface area contributed by atoms with Crippen molar-refractivity contribution in [2.24, 2.45) is 0 Å². The van der Waals surface area contributed by atoms with Crippen LogP contribution in [0.1, 0.15) is 18.2 Å². The molecule has 0 aliphatic carbocycles. The van der Waals surface area contributed by atoms with E-state index >= 15 is 0 Å². The molecule has 94 valence electrons. The first kappa shape index (κ1) is 13.0. The summed E-state index contributed by atoms with van der Waals surface area (Å²) in [4.78, 5) is 8.56. The summed E-state index contributed by atoms with van der Waals surface area (Å²) in [5.41, 5.74) is 7.86. The number of hydrogen-bond acceptors (Lipinski definition) is 3. The normalized spacial score (nSPS) is 10.7. The van der Waals surface area contributed by atoms with Crippen LogP contribution in [0.4, 0.5) is 10.2 Å². The molecule has 1 aromatic heterocycles. The Hall–Kier alpha value is -1.49. The fourth-order valence-corrected chi connectivity index (χ4v) is 2.07. The number of nitrogens with two attached hydrogens (primary N) is 1. The number of benzene rings is 1. The molecule has 0 amide bonds. The van der Waals surface area contributed by atoms with Crippen molar-refractivity contribution in [1.29, 1.82) is 0 Å². The monoisotopic (exact) mass is 309 g/mol. The maximum Gasteiger partial charge on any atom is 0.161 e. The van der Waals surface area contributed by atoms with Gasteiger partial charge < -0.3 is 5.73 Å². The van der Waals surface area contributed by atoms with Gasteiger partial charge >= 0.3 is 0 Å². The molecule has 3 nitrogen and oxygen atoms in total. The molecule has 0 radical (unpaired) electrons. The number of rotatable bonds is 2. The smallest absolute Gasteiger partial charge is 0.161 e. The SMILES string of the molecule is CCc1nc(-c2ccc(C)c(F)c2)nc(N)c1Br. The first-order valence-electron chi connectivity index (χ1n) is 5.61. The van der Waals surface area contributed by atoms with Crippen LogP contribution in [0.5, 0.6) is 0 Å². The van der Waals surface area contributed by atoms with E-state index in [2.05, 4.69) is 25.9 Å². The molecule has 0 aliphatic heterocycles. The Morgan fingerprint density at radius 1 is 1.33 bits per heavy atom. The van der Waals surface area contributed by atoms with Gasteiger partial charge in [0.15, 0.2) is 5.82 Å². The third-order valence-corrected chi connectivity index (χ3v) is 3.57. The van der Waals surface area contributed by atoms with E-state index in [1.807, 2.05) is 6.92 Å². The van der Waals surface area contributed by atoms with Crippen molar-refractivity contribution in [3.05, 3.63) is 39.7 Å². The van der Waals surface area contributed by atoms with Crippen LogP contribution >= 0.6 is 15.9 Å². The summed E-state index contributed by atoms with van der Waals surface area (Å²) >= 11 is 3.35. The number of aryl methyl sites for hydroxylation is 2. The molecule has 1 aromatic carbocycles. The molecule has 0 atom stereocenters. The zero-order chi connectivity index (χ0) is 13.3. The minimum atomic E-state index is -0.268. The van der Waals surface area contributed by atoms with Crippen molar-refractivity contribution < 1.29 is 4.39 Å². The largest absolute Gasteiger partial charge is 0.383 e. The molecule has 5 heteroatoms. The second kappa shape index (κ2) is 5.02. The van der Waals surface area contributed by atoms with E-state index in [9.17, 15) is 4.39 Å². The lowest BCUT2D eigenvalue weighted by Gasteiger charge is -2.08. The third-order valence-electron chi connectivity index (χ3n) is 2.71. The van der Waals surface area contributed by atoms with Gasteiger partial charge in [0.25, 0.3) is 0 Å². The Kier molecular flexibility index (Phi) is 3.61. The van der Waals surface area contributed by atoms with E-state index < -0.39 is 0 Å². The lowest BCUT2D eigenvalue weighted by atomic mass is 10.1. The standard InChI is InChI=1S/C13H13BrFN3/c1-3-10-11(14)12(16)18-13(17-10)8-5-4-7(2)9(15)6-8/h4-6H,3H2,1-2H3,(H2,16,17,18). The summed E-state index contributed by atoms with van der Waals surface area (Å²) < 4.78 is 14.2. The van der Waals surface area contributed by atoms with E-state index in [0.29, 0.717) is 27.2 Å². The number of nitrogen functional groups attached to an aromatic ring is 1. The Morgan fingerprint density at radius 3 is 2.67 bits per heavy atom. The summed E-state index contributed by atoms with van der Waals surface area (Å²) in [6.07, 6.45) is 0.731. The van der Waals surface area contributed by atoms with Gasteiger partial charge in [-0.3, -0.25) is 0 Å². The van der Waals surface area contributed by atoms with Gasteiger partial charge in [-0.1, -0.05) is 19.1 Å². The van der Waals surface area contributed by atoms with Crippen LogP contribution in [0.15, 0.2) is 22.7 Å². The van der Waals surface area contributed by atoms with Crippen molar-refractivity contribution in [3.63, 3.8) is 0 Å². The predicted octanol–water partition coefficient (Wildman–Crippen LogP) is 3.50. The molecular weight excluding hydrogens is 297 g/mol. The molecular formula is C13H13BrFN3. The van der Waals surface area contributed by atoms with Gasteiger partial charge in [-0.05, 0) is 40.9 Å². The first-order chi connectivity index (χ1) is 8.52. The number of halogens is 2. The fraction of sp³-hybridized carbons (Fsp3) is 0.231. The zero-order valence-corrected chi connectivity index (χ0v) is 11.8. The van der Waals surface area contributed by atoms with E-state index in [1.54, 1.807) is 19.1 Å². The molecule has 2 rings (SSSR count). The highest BCUT2D eigenvalue weighted by Gasteiger charge is 2.11. The Morgan fingerprint density at radius 2 is 2.06 bits per heavy atom. The zero-order valence-electron chi connectivity index (χ0n) is 10.2. The van der Waals surface area contributed by atoms with E-state index in [-0.39, 0.29) is 5.82 Å². The summed E-state index contributed by atoms with van der Waals surface area (Å²) in [7, 11) is 0. The first-order valence-corrected chi connectivity index (χ1v) is 6.40. The minimum Gasteiger partial charge on any atom is -0.383 e. The number of aromatic nitrogens is 2. The Labute approximate surface area is 113 Å². The van der Waals surface area contributed by atoms with Crippen molar-refractivity contribution in [3.8, 4) is 11.4 Å². The van der Waals surface area contributed by atoms with Crippen LogP contribution in [-0.4, -0.2) is 9.97 Å². The molecule has 0 aliphatic rings. The van der Waals surface area contributed by atoms with Gasteiger partial charge in [0.2, 0.25) is 0 Å². The van der Waals surface area contributed by atoms with Crippen LogP contribution in [0.25, 0.3) is 11.4 Å². The molecule has 0 spiro atoms. The molecule has 2 N–H and O–H groups in total. The second-order valence-electron chi connectivity index (χ2n) is 4.01. The Balaban J connectivity index is 2.57. The molecule has 0 fully saturated rings. The highest BCUT2D eigenvalue weighted by Crippen LogP contribution is 2.26. The van der Waals surface area contributed by atoms with E-state index in [4.69, 9.17) is 5.73 Å². The molecule has 1 heterocycles. The van der Waals surface area contributed by atoms with Crippen LogP contribution in [0.2, 0.25) is 0 Å². The topological polar surface area (TPSA) is 51.8 Å². The lowest BCUT2D eigenvalue weighted by molar-refractivity contribution is 0.619. The minimum absolute atomic E-state index is 0.268. The molecule has 2 aromatic rings. The van der Waals surface area contributed by atoms with Crippen molar-refractivity contribution >= 4 is 21.7 Å². The summed E-state index contributed by atoms with van der Waals surface area (Å²) in [6, 6.07) is 4.93. The summed E-state index contributed by atoms with van der Waals surface area (Å²) in [5, 5.41) is 0. The average Bonchev–Trinajstić information content (AvgIpc) is 2.36. The maximum atomic E-state index is 13.5. The molecule has 0 saturated heterocycles. The van der Waals surface area contributed by atoms with Gasteiger partial charge in [0.1, 0.15) is 11.6 Å². The van der Waals surface area contributed by atoms with E-state index in [1.165, 1.54) is 6.07 Å². The predicted molar refractivity (Wildman–Crippen MR) is 73.7 cm³/mol. The maximum absolute atomic E-state index is 13.5. The fourth-order valence-electron chi connectivity index (χ4n) is 1.61. The highest BCUT2D eigenvalue weighted by atomic mass is 79.9. The van der Waals surface area contributed by atoms with Crippen LogP contribution in [0, 0.1) is 12.7 Å². The second-order valence-corrected chi connectivity index (χ2v) is 4.80. The van der Waals surface area contributed by atoms with Crippen molar-refractivity contribution in [2.45, 2.75) is 20.3 Å². The van der Waals surface area contributed by atoms with Crippen LogP contribution in [-0.2, 0) is 6.42 Å². The van der Waals surface area contributed by atoms with Gasteiger partial charge in [0.05, 0.1) is 10.2 Å². The summed E-state index contributed by atoms with van der Waals surface area (Å²) in [6.45, 7) is 3.69. The molecule has 0 saturated carbocycles. The van der Waals surface area contributed by atoms with Gasteiger partial charge in [-0.2, -0.15) is 0 Å². The van der Waals surface area contributed by atoms with E-state index in [0.717, 1.165) is 12.1 Å². The van der Waals surface area contributed by atoms with Gasteiger partial charge in [-0.15, -0.1) is 0 Å². The van der Waals surface area contributed by atoms with Gasteiger partial charge in [0, 0.05) is 5.56 Å². The number of hydrogen-bond donors (Lipinski definition) is 1. The molecule has 18 heavy (non-hydrogen) atoms. The van der Waals surface area contributed by atoms with Crippen molar-refractivity contribution in [1.82, 2.24) is 9.97 Å². The molecule has 0 unspecified atom stereocenters. The van der Waals surface area contributed by atoms with Crippen LogP contribution < -0.4 is 5.73 Å². The third kappa shape index (κ3) is 2.36. The molecule has 0 bridgehead atoms. The summed E-state index contributed by atoms with van der Waals surface area (Å²) in [5.74, 6) is 0.555.